The molecule has 2 aromatic rings. The smallest absolute Gasteiger partial charge is 0.332 e. The highest BCUT2D eigenvalue weighted by Gasteiger charge is 2.34. The number of nitrogens with zero attached hydrogens (tertiary/aromatic N) is 5. The highest BCUT2D eigenvalue weighted by atomic mass is 16.2. The van der Waals surface area contributed by atoms with E-state index in [0.717, 1.165) is 4.57 Å². The maximum Gasteiger partial charge on any atom is 0.332 e. The maximum absolute atomic E-state index is 12.8. The van der Waals surface area contributed by atoms with Crippen molar-refractivity contribution in [1.29, 1.82) is 0 Å². The number of likely N-dealkylation sites (N-methyl/N-ethyl adjacent to an activating group) is 1. The average Bonchev–Trinajstić information content (AvgIpc) is 2.99. The minimum atomic E-state index is -0.461. The van der Waals surface area contributed by atoms with E-state index in [2.05, 4.69) is 16.8 Å². The zero-order valence-electron chi connectivity index (χ0n) is 15.2. The van der Waals surface area contributed by atoms with Crippen molar-refractivity contribution in [3.05, 3.63) is 38.7 Å². The predicted octanol–water partition coefficient (Wildman–Crippen LogP) is -0.346. The number of aryl methyl sites for hydroxylation is 1. The lowest BCUT2D eigenvalue weighted by Gasteiger charge is -2.22. The van der Waals surface area contributed by atoms with Crippen LogP contribution >= 0.6 is 0 Å². The fourth-order valence-electron chi connectivity index (χ4n) is 3.52. The molecule has 3 heterocycles. The molecule has 2 aromatic heterocycles. The molecule has 1 saturated heterocycles. The highest BCUT2D eigenvalue weighted by molar-refractivity contribution is 5.94. The van der Waals surface area contributed by atoms with E-state index in [1.807, 2.05) is 14.1 Å². The summed E-state index contributed by atoms with van der Waals surface area (Å²) in [5, 5.41) is 0.321. The van der Waals surface area contributed by atoms with Crippen LogP contribution in [0, 0.1) is 5.92 Å². The second-order valence-electron chi connectivity index (χ2n) is 6.99. The molecule has 0 aromatic carbocycles. The maximum atomic E-state index is 12.8. The first-order valence-electron chi connectivity index (χ1n) is 8.24. The van der Waals surface area contributed by atoms with Gasteiger partial charge >= 0.3 is 5.69 Å². The molecule has 1 aliphatic rings. The average molecular weight is 345 g/mol. The molecule has 0 aliphatic carbocycles. The van der Waals surface area contributed by atoms with Crippen LogP contribution in [0.4, 0.5) is 0 Å². The first kappa shape index (κ1) is 17.3. The Morgan fingerprint density at radius 3 is 2.44 bits per heavy atom. The van der Waals surface area contributed by atoms with E-state index >= 15 is 0 Å². The largest absolute Gasteiger partial charge is 0.335 e. The minimum absolute atomic E-state index is 0.175. The Balaban J connectivity index is 2.02. The summed E-state index contributed by atoms with van der Waals surface area (Å²) in [4.78, 5) is 45.3. The normalized spacial score (nSPS) is 20.6. The van der Waals surface area contributed by atoms with Crippen LogP contribution in [0.1, 0.15) is 17.4 Å². The molecule has 0 saturated carbocycles. The molecule has 0 bridgehead atoms. The van der Waals surface area contributed by atoms with E-state index in [1.54, 1.807) is 24.1 Å². The summed E-state index contributed by atoms with van der Waals surface area (Å²) < 4.78 is 2.33. The molecule has 25 heavy (non-hydrogen) atoms. The van der Waals surface area contributed by atoms with Gasteiger partial charge in [-0.1, -0.05) is 6.92 Å². The number of pyridine rings is 1. The van der Waals surface area contributed by atoms with Crippen LogP contribution < -0.4 is 11.2 Å². The lowest BCUT2D eigenvalue weighted by molar-refractivity contribution is 0.0776. The minimum Gasteiger partial charge on any atom is -0.335 e. The molecular weight excluding hydrogens is 322 g/mol. The van der Waals surface area contributed by atoms with Crippen LogP contribution in [0.15, 0.2) is 21.7 Å². The van der Waals surface area contributed by atoms with Crippen LogP contribution in [0.25, 0.3) is 11.0 Å². The predicted molar refractivity (Wildman–Crippen MR) is 94.8 cm³/mol. The molecule has 2 atom stereocenters. The number of carbonyl (C=O) groups is 1. The summed E-state index contributed by atoms with van der Waals surface area (Å²) in [6.45, 7) is 3.43. The standard InChI is InChI=1S/C17H23N5O3/c1-10-8-22(9-13(10)19(2)3)16(24)12-7-6-11-14(18-12)20(4)17(25)21(5)15(11)23/h6-7,10,13H,8-9H2,1-5H3/t10-,13+/m0/s1. The first-order valence-corrected chi connectivity index (χ1v) is 8.24. The number of hydrogen-bond donors (Lipinski definition) is 0. The van der Waals surface area contributed by atoms with Crippen molar-refractivity contribution in [3.63, 3.8) is 0 Å². The number of amides is 1. The van der Waals surface area contributed by atoms with Gasteiger partial charge in [-0.3, -0.25) is 18.7 Å². The van der Waals surface area contributed by atoms with Crippen LogP contribution in [-0.4, -0.2) is 63.1 Å². The van der Waals surface area contributed by atoms with Gasteiger partial charge in [-0.05, 0) is 32.1 Å². The Kier molecular flexibility index (Phi) is 4.24. The molecule has 134 valence electrons. The summed E-state index contributed by atoms with van der Waals surface area (Å²) in [5.41, 5.74) is -0.387. The summed E-state index contributed by atoms with van der Waals surface area (Å²) in [5.74, 6) is 0.197. The second kappa shape index (κ2) is 6.11. The van der Waals surface area contributed by atoms with E-state index < -0.39 is 11.2 Å². The van der Waals surface area contributed by atoms with Crippen LogP contribution in [-0.2, 0) is 14.1 Å². The number of aromatic nitrogens is 3. The van der Waals surface area contributed by atoms with Gasteiger partial charge in [0.15, 0.2) is 0 Å². The zero-order valence-corrected chi connectivity index (χ0v) is 15.2. The van der Waals surface area contributed by atoms with Gasteiger partial charge in [0, 0.05) is 33.2 Å². The van der Waals surface area contributed by atoms with Crippen molar-refractivity contribution < 1.29 is 4.79 Å². The first-order chi connectivity index (χ1) is 11.7. The highest BCUT2D eigenvalue weighted by Crippen LogP contribution is 2.21. The number of likely N-dealkylation sites (tertiary alicyclic amines) is 1. The third kappa shape index (κ3) is 2.76. The van der Waals surface area contributed by atoms with Crippen molar-refractivity contribution in [2.24, 2.45) is 20.0 Å². The van der Waals surface area contributed by atoms with E-state index in [-0.39, 0.29) is 17.2 Å². The number of hydrogen-bond acceptors (Lipinski definition) is 5. The van der Waals surface area contributed by atoms with Crippen molar-refractivity contribution in [2.75, 3.05) is 27.2 Å². The van der Waals surface area contributed by atoms with Gasteiger partial charge < -0.3 is 9.80 Å². The second-order valence-corrected chi connectivity index (χ2v) is 6.99. The molecule has 8 nitrogen and oxygen atoms in total. The summed E-state index contributed by atoms with van der Waals surface area (Å²) in [7, 11) is 6.99. The molecular formula is C17H23N5O3. The van der Waals surface area contributed by atoms with Gasteiger partial charge in [-0.25, -0.2) is 9.78 Å². The van der Waals surface area contributed by atoms with Crippen molar-refractivity contribution in [1.82, 2.24) is 23.9 Å². The number of carbonyl (C=O) groups excluding carboxylic acids is 1. The van der Waals surface area contributed by atoms with Crippen molar-refractivity contribution >= 4 is 16.9 Å². The third-order valence-corrected chi connectivity index (χ3v) is 5.04. The molecule has 1 aliphatic heterocycles. The van der Waals surface area contributed by atoms with Crippen LogP contribution in [0.5, 0.6) is 0 Å². The van der Waals surface area contributed by atoms with Gasteiger partial charge in [0.1, 0.15) is 11.3 Å². The Morgan fingerprint density at radius 2 is 1.84 bits per heavy atom. The summed E-state index contributed by atoms with van der Waals surface area (Å²) in [6, 6.07) is 3.44. The van der Waals surface area contributed by atoms with Gasteiger partial charge in [0.05, 0.1) is 5.39 Å². The molecule has 8 heteroatoms. The van der Waals surface area contributed by atoms with E-state index in [1.165, 1.54) is 11.6 Å². The Morgan fingerprint density at radius 1 is 1.16 bits per heavy atom. The molecule has 3 rings (SSSR count). The Bertz CT molecular complexity index is 959. The number of rotatable bonds is 2. The van der Waals surface area contributed by atoms with Crippen LogP contribution in [0.2, 0.25) is 0 Å². The molecule has 0 radical (unpaired) electrons. The van der Waals surface area contributed by atoms with Crippen LogP contribution in [0.3, 0.4) is 0 Å². The monoisotopic (exact) mass is 345 g/mol. The topological polar surface area (TPSA) is 80.4 Å². The quantitative estimate of drug-likeness (QED) is 0.744. The van der Waals surface area contributed by atoms with E-state index in [4.69, 9.17) is 0 Å². The summed E-state index contributed by atoms with van der Waals surface area (Å²) in [6.07, 6.45) is 0. The van der Waals surface area contributed by atoms with E-state index in [9.17, 15) is 14.4 Å². The molecule has 1 fully saturated rings. The zero-order chi connectivity index (χ0) is 18.5. The van der Waals surface area contributed by atoms with Crippen molar-refractivity contribution in [3.8, 4) is 0 Å². The Hall–Kier alpha value is -2.48. The molecule has 0 N–H and O–H groups in total. The lowest BCUT2D eigenvalue weighted by Crippen LogP contribution is -2.38. The van der Waals surface area contributed by atoms with Gasteiger partial charge in [-0.2, -0.15) is 0 Å². The SMILES string of the molecule is C[C@H]1CN(C(=O)c2ccc3c(=O)n(C)c(=O)n(C)c3n2)C[C@H]1N(C)C. The fraction of sp³-hybridized carbons (Fsp3) is 0.529. The van der Waals surface area contributed by atoms with Gasteiger partial charge in [-0.15, -0.1) is 0 Å². The van der Waals surface area contributed by atoms with Gasteiger partial charge in [0.2, 0.25) is 0 Å². The van der Waals surface area contributed by atoms with Gasteiger partial charge in [0.25, 0.3) is 11.5 Å². The van der Waals surface area contributed by atoms with E-state index in [0.29, 0.717) is 30.4 Å². The molecule has 1 amide bonds. The fourth-order valence-corrected chi connectivity index (χ4v) is 3.52. The lowest BCUT2D eigenvalue weighted by atomic mass is 10.1. The third-order valence-electron chi connectivity index (χ3n) is 5.04. The molecule has 0 unspecified atom stereocenters. The number of fused-ring (bicyclic) bond motifs is 1. The Labute approximate surface area is 145 Å². The summed E-state index contributed by atoms with van der Waals surface area (Å²) >= 11 is 0. The van der Waals surface area contributed by atoms with Crippen molar-refractivity contribution in [2.45, 2.75) is 13.0 Å². The molecule has 0 spiro atoms.